The van der Waals surface area contributed by atoms with Crippen LogP contribution < -0.4 is 0 Å². The lowest BCUT2D eigenvalue weighted by molar-refractivity contribution is 1.40. The summed E-state index contributed by atoms with van der Waals surface area (Å²) in [7, 11) is 0. The first kappa shape index (κ1) is 20.6. The van der Waals surface area contributed by atoms with Gasteiger partial charge in [0, 0.05) is 48.1 Å². The van der Waals surface area contributed by atoms with Gasteiger partial charge in [0.2, 0.25) is 0 Å². The number of rotatable bonds is 2. The van der Waals surface area contributed by atoms with Gasteiger partial charge in [-0.05, 0) is 47.0 Å². The smallest absolute Gasteiger partial charge is 0.0978 e. The standard InChI is InChI=1S/C34H20N2S/c1-3-12-29-27(11-1)32(28-17-14-21-9-6-18-35-33(21)34(28)36-29)24-8-5-7-22(19-24)23-15-16-26-25-10-2-4-13-30(25)37-31(26)20-23/h1-20H. The van der Waals surface area contributed by atoms with E-state index in [1.165, 1.54) is 42.4 Å². The maximum absolute atomic E-state index is 5.07. The van der Waals surface area contributed by atoms with E-state index in [-0.39, 0.29) is 0 Å². The van der Waals surface area contributed by atoms with Crippen molar-refractivity contribution in [3.05, 3.63) is 121 Å². The van der Waals surface area contributed by atoms with Gasteiger partial charge >= 0.3 is 0 Å². The molecule has 2 nitrogen and oxygen atoms in total. The van der Waals surface area contributed by atoms with Crippen molar-refractivity contribution < 1.29 is 0 Å². The molecule has 8 aromatic rings. The van der Waals surface area contributed by atoms with Crippen LogP contribution in [0, 0.1) is 0 Å². The van der Waals surface area contributed by atoms with Gasteiger partial charge in [0.05, 0.1) is 16.6 Å². The SMILES string of the molecule is c1cc(-c2ccc3c(c2)sc2ccccc23)cc(-c2c3ccccc3nc3c2ccc2cccnc23)c1. The Morgan fingerprint density at radius 3 is 2.24 bits per heavy atom. The Bertz CT molecular complexity index is 2160. The maximum atomic E-state index is 5.07. The zero-order chi connectivity index (χ0) is 24.3. The molecule has 8 rings (SSSR count). The van der Waals surface area contributed by atoms with Crippen molar-refractivity contribution in [1.82, 2.24) is 9.97 Å². The quantitative estimate of drug-likeness (QED) is 0.179. The van der Waals surface area contributed by atoms with Crippen LogP contribution >= 0.6 is 11.3 Å². The van der Waals surface area contributed by atoms with Crippen LogP contribution in [0.5, 0.6) is 0 Å². The number of hydrogen-bond acceptors (Lipinski definition) is 3. The van der Waals surface area contributed by atoms with Gasteiger partial charge in [-0.15, -0.1) is 11.3 Å². The van der Waals surface area contributed by atoms with Crippen LogP contribution in [0.25, 0.3) is 75.1 Å². The first-order chi connectivity index (χ1) is 18.3. The number of para-hydroxylation sites is 1. The molecule has 3 aromatic heterocycles. The van der Waals surface area contributed by atoms with Crippen molar-refractivity contribution in [1.29, 1.82) is 0 Å². The molecule has 0 saturated heterocycles. The predicted molar refractivity (Wildman–Crippen MR) is 158 cm³/mol. The summed E-state index contributed by atoms with van der Waals surface area (Å²) >= 11 is 1.86. The average Bonchev–Trinajstić information content (AvgIpc) is 3.34. The summed E-state index contributed by atoms with van der Waals surface area (Å²) in [6, 6.07) is 41.3. The highest BCUT2D eigenvalue weighted by Crippen LogP contribution is 2.40. The highest BCUT2D eigenvalue weighted by atomic mass is 32.1. The molecule has 0 bridgehead atoms. The summed E-state index contributed by atoms with van der Waals surface area (Å²) in [5, 5.41) is 6.04. The Morgan fingerprint density at radius 1 is 0.486 bits per heavy atom. The van der Waals surface area contributed by atoms with E-state index in [0.29, 0.717) is 0 Å². The van der Waals surface area contributed by atoms with Crippen LogP contribution in [0.3, 0.4) is 0 Å². The fourth-order valence-corrected chi connectivity index (χ4v) is 6.71. The molecule has 37 heavy (non-hydrogen) atoms. The molecule has 0 aliphatic heterocycles. The van der Waals surface area contributed by atoms with Crippen LogP contribution in [0.4, 0.5) is 0 Å². The third-order valence-corrected chi connectivity index (χ3v) is 8.42. The lowest BCUT2D eigenvalue weighted by Gasteiger charge is -2.14. The van der Waals surface area contributed by atoms with Gasteiger partial charge in [0.15, 0.2) is 0 Å². The van der Waals surface area contributed by atoms with Crippen molar-refractivity contribution in [3.63, 3.8) is 0 Å². The molecule has 5 aromatic carbocycles. The zero-order valence-electron chi connectivity index (χ0n) is 19.8. The largest absolute Gasteiger partial charge is 0.254 e. The molecular weight excluding hydrogens is 468 g/mol. The summed E-state index contributed by atoms with van der Waals surface area (Å²) in [6.45, 7) is 0. The fraction of sp³-hybridized carbons (Fsp3) is 0. The van der Waals surface area contributed by atoms with Crippen molar-refractivity contribution in [2.24, 2.45) is 0 Å². The van der Waals surface area contributed by atoms with Crippen molar-refractivity contribution in [2.45, 2.75) is 0 Å². The molecule has 0 unspecified atom stereocenters. The molecule has 0 aliphatic rings. The predicted octanol–water partition coefficient (Wildman–Crippen LogP) is 9.64. The Morgan fingerprint density at radius 2 is 1.27 bits per heavy atom. The second-order valence-electron chi connectivity index (χ2n) is 9.43. The topological polar surface area (TPSA) is 25.8 Å². The molecule has 0 N–H and O–H groups in total. The van der Waals surface area contributed by atoms with E-state index >= 15 is 0 Å². The van der Waals surface area contributed by atoms with Gasteiger partial charge < -0.3 is 0 Å². The second-order valence-corrected chi connectivity index (χ2v) is 10.5. The van der Waals surface area contributed by atoms with Crippen LogP contribution in [-0.2, 0) is 0 Å². The summed E-state index contributed by atoms with van der Waals surface area (Å²) in [5.74, 6) is 0. The van der Waals surface area contributed by atoms with Gasteiger partial charge in [0.25, 0.3) is 0 Å². The summed E-state index contributed by atoms with van der Waals surface area (Å²) in [4.78, 5) is 9.77. The number of aromatic nitrogens is 2. The van der Waals surface area contributed by atoms with Gasteiger partial charge in [0.1, 0.15) is 0 Å². The highest BCUT2D eigenvalue weighted by molar-refractivity contribution is 7.25. The average molecular weight is 489 g/mol. The number of benzene rings is 5. The van der Waals surface area contributed by atoms with E-state index < -0.39 is 0 Å². The minimum atomic E-state index is 0.943. The van der Waals surface area contributed by atoms with Crippen LogP contribution in [0.2, 0.25) is 0 Å². The minimum Gasteiger partial charge on any atom is -0.254 e. The highest BCUT2D eigenvalue weighted by Gasteiger charge is 2.15. The van der Waals surface area contributed by atoms with E-state index in [1.54, 1.807) is 0 Å². The van der Waals surface area contributed by atoms with Gasteiger partial charge in [-0.3, -0.25) is 4.98 Å². The molecule has 0 saturated carbocycles. The van der Waals surface area contributed by atoms with Crippen LogP contribution in [-0.4, -0.2) is 9.97 Å². The van der Waals surface area contributed by atoms with Crippen molar-refractivity contribution in [3.8, 4) is 22.3 Å². The van der Waals surface area contributed by atoms with E-state index in [2.05, 4.69) is 109 Å². The third-order valence-electron chi connectivity index (χ3n) is 7.29. The zero-order valence-corrected chi connectivity index (χ0v) is 20.7. The summed E-state index contributed by atoms with van der Waals surface area (Å²) in [5.41, 5.74) is 7.72. The maximum Gasteiger partial charge on any atom is 0.0978 e. The number of thiophene rings is 1. The molecular formula is C34H20N2S. The second kappa shape index (κ2) is 7.95. The van der Waals surface area contributed by atoms with Gasteiger partial charge in [-0.25, -0.2) is 4.98 Å². The lowest BCUT2D eigenvalue weighted by atomic mass is 9.93. The Kier molecular flexibility index (Phi) is 4.42. The first-order valence-corrected chi connectivity index (χ1v) is 13.2. The number of fused-ring (bicyclic) bond motifs is 7. The molecule has 0 aliphatic carbocycles. The molecule has 3 heterocycles. The van der Waals surface area contributed by atoms with Crippen molar-refractivity contribution in [2.75, 3.05) is 0 Å². The Balaban J connectivity index is 1.38. The summed E-state index contributed by atoms with van der Waals surface area (Å²) < 4.78 is 2.65. The van der Waals surface area contributed by atoms with E-state index in [1.807, 2.05) is 23.6 Å². The van der Waals surface area contributed by atoms with Crippen molar-refractivity contribution >= 4 is 64.2 Å². The summed E-state index contributed by atoms with van der Waals surface area (Å²) in [6.07, 6.45) is 1.85. The molecule has 0 radical (unpaired) electrons. The fourth-order valence-electron chi connectivity index (χ4n) is 5.56. The Hall–Kier alpha value is -4.60. The third kappa shape index (κ3) is 3.18. The van der Waals surface area contributed by atoms with E-state index in [4.69, 9.17) is 9.97 Å². The molecule has 172 valence electrons. The number of nitrogens with zero attached hydrogens (tertiary/aromatic N) is 2. The van der Waals surface area contributed by atoms with Gasteiger partial charge in [-0.2, -0.15) is 0 Å². The van der Waals surface area contributed by atoms with Crippen LogP contribution in [0.15, 0.2) is 121 Å². The first-order valence-electron chi connectivity index (χ1n) is 12.4. The molecule has 0 fully saturated rings. The van der Waals surface area contributed by atoms with Crippen LogP contribution in [0.1, 0.15) is 0 Å². The molecule has 0 spiro atoms. The lowest BCUT2D eigenvalue weighted by Crippen LogP contribution is -1.92. The normalized spacial score (nSPS) is 11.8. The molecule has 0 atom stereocenters. The minimum absolute atomic E-state index is 0.943. The molecule has 3 heteroatoms. The van der Waals surface area contributed by atoms with E-state index in [9.17, 15) is 0 Å². The monoisotopic (exact) mass is 488 g/mol. The Labute approximate surface area is 217 Å². The van der Waals surface area contributed by atoms with Gasteiger partial charge in [-0.1, -0.05) is 84.9 Å². The molecule has 0 amide bonds. The number of hydrogen-bond donors (Lipinski definition) is 0. The number of pyridine rings is 2. The van der Waals surface area contributed by atoms with E-state index in [0.717, 1.165) is 32.7 Å².